The molecule has 0 aliphatic carbocycles. The molecule has 4 aromatic carbocycles. The Labute approximate surface area is 179 Å². The molecule has 0 N–H and O–H groups in total. The van der Waals surface area contributed by atoms with E-state index in [1.165, 1.54) is 9.79 Å². The first kappa shape index (κ1) is 18.1. The van der Waals surface area contributed by atoms with Gasteiger partial charge in [-0.2, -0.15) is 10.5 Å². The Balaban J connectivity index is 1.62. The lowest BCUT2D eigenvalue weighted by molar-refractivity contribution is 1.17. The van der Waals surface area contributed by atoms with Crippen molar-refractivity contribution in [2.24, 2.45) is 0 Å². The quantitative estimate of drug-likeness (QED) is 0.318. The molecule has 1 aliphatic rings. The van der Waals surface area contributed by atoms with Gasteiger partial charge in [0.25, 0.3) is 0 Å². The standard InChI is InChI=1S/C26H15N3S/c27-16-18-9-10-20(17-28)22(15-18)19-11-13-21(14-12-19)29-23-5-1-3-7-25(23)30-26-8-4-2-6-24(26)29/h1-15H. The van der Waals surface area contributed by atoms with Crippen LogP contribution in [0.15, 0.2) is 101 Å². The van der Waals surface area contributed by atoms with Gasteiger partial charge in [-0.05, 0) is 60.2 Å². The van der Waals surface area contributed by atoms with Gasteiger partial charge in [-0.25, -0.2) is 0 Å². The maximum Gasteiger partial charge on any atom is 0.0998 e. The number of hydrogen-bond acceptors (Lipinski definition) is 4. The molecule has 0 saturated heterocycles. The van der Waals surface area contributed by atoms with Crippen molar-refractivity contribution in [2.75, 3.05) is 4.90 Å². The fourth-order valence-electron chi connectivity index (χ4n) is 3.72. The SMILES string of the molecule is N#Cc1ccc(C#N)c(-c2ccc(N3c4ccccc4Sc4ccccc43)cc2)c1. The van der Waals surface area contributed by atoms with Gasteiger partial charge in [0.15, 0.2) is 0 Å². The number of para-hydroxylation sites is 2. The molecule has 0 atom stereocenters. The van der Waals surface area contributed by atoms with E-state index in [1.807, 2.05) is 12.1 Å². The Morgan fingerprint density at radius 1 is 0.667 bits per heavy atom. The third-order valence-electron chi connectivity index (χ3n) is 5.14. The van der Waals surface area contributed by atoms with Crippen molar-refractivity contribution in [3.05, 3.63) is 102 Å². The van der Waals surface area contributed by atoms with Crippen LogP contribution in [0.1, 0.15) is 11.1 Å². The second kappa shape index (κ2) is 7.44. The largest absolute Gasteiger partial charge is 0.308 e. The third-order valence-corrected chi connectivity index (χ3v) is 6.27. The van der Waals surface area contributed by atoms with Gasteiger partial charge in [0.2, 0.25) is 0 Å². The van der Waals surface area contributed by atoms with E-state index in [2.05, 4.69) is 77.7 Å². The highest BCUT2D eigenvalue weighted by atomic mass is 32.2. The Morgan fingerprint density at radius 2 is 1.30 bits per heavy atom. The highest BCUT2D eigenvalue weighted by Gasteiger charge is 2.24. The molecule has 0 spiro atoms. The zero-order chi connectivity index (χ0) is 20.5. The summed E-state index contributed by atoms with van der Waals surface area (Å²) in [5, 5.41) is 18.7. The molecule has 0 amide bonds. The van der Waals surface area contributed by atoms with Gasteiger partial charge in [-0.1, -0.05) is 48.2 Å². The van der Waals surface area contributed by atoms with Crippen molar-refractivity contribution in [3.8, 4) is 23.3 Å². The van der Waals surface area contributed by atoms with E-state index in [1.54, 1.807) is 30.0 Å². The van der Waals surface area contributed by atoms with Gasteiger partial charge in [0.1, 0.15) is 0 Å². The van der Waals surface area contributed by atoms with Crippen LogP contribution in [0.5, 0.6) is 0 Å². The summed E-state index contributed by atoms with van der Waals surface area (Å²) in [7, 11) is 0. The van der Waals surface area contributed by atoms with E-state index >= 15 is 0 Å². The van der Waals surface area contributed by atoms with E-state index < -0.39 is 0 Å². The molecule has 0 unspecified atom stereocenters. The maximum absolute atomic E-state index is 9.48. The summed E-state index contributed by atoms with van der Waals surface area (Å²) in [4.78, 5) is 4.70. The summed E-state index contributed by atoms with van der Waals surface area (Å²) >= 11 is 1.78. The van der Waals surface area contributed by atoms with Crippen molar-refractivity contribution in [1.82, 2.24) is 0 Å². The molecule has 0 saturated carbocycles. The fourth-order valence-corrected chi connectivity index (χ4v) is 4.78. The van der Waals surface area contributed by atoms with Crippen LogP contribution in [0.4, 0.5) is 17.1 Å². The molecule has 0 fully saturated rings. The van der Waals surface area contributed by atoms with E-state index in [-0.39, 0.29) is 0 Å². The first-order valence-electron chi connectivity index (χ1n) is 9.49. The van der Waals surface area contributed by atoms with Gasteiger partial charge in [-0.3, -0.25) is 0 Å². The number of anilines is 3. The maximum atomic E-state index is 9.48. The monoisotopic (exact) mass is 401 g/mol. The summed E-state index contributed by atoms with van der Waals surface area (Å²) in [5.41, 5.74) is 6.15. The van der Waals surface area contributed by atoms with Crippen LogP contribution in [0.25, 0.3) is 11.1 Å². The molecule has 0 aromatic heterocycles. The van der Waals surface area contributed by atoms with Gasteiger partial charge in [0, 0.05) is 21.0 Å². The summed E-state index contributed by atoms with van der Waals surface area (Å²) < 4.78 is 0. The second-order valence-corrected chi connectivity index (χ2v) is 7.99. The summed E-state index contributed by atoms with van der Waals surface area (Å²) in [6.45, 7) is 0. The molecule has 3 nitrogen and oxygen atoms in total. The average Bonchev–Trinajstić information content (AvgIpc) is 2.82. The van der Waals surface area contributed by atoms with Crippen LogP contribution in [0.2, 0.25) is 0 Å². The number of fused-ring (bicyclic) bond motifs is 2. The first-order valence-corrected chi connectivity index (χ1v) is 10.3. The van der Waals surface area contributed by atoms with Crippen LogP contribution in [0, 0.1) is 22.7 Å². The van der Waals surface area contributed by atoms with E-state index in [4.69, 9.17) is 0 Å². The summed E-state index contributed by atoms with van der Waals surface area (Å²) in [5.74, 6) is 0. The molecule has 140 valence electrons. The van der Waals surface area contributed by atoms with Gasteiger partial charge >= 0.3 is 0 Å². The van der Waals surface area contributed by atoms with Gasteiger partial charge in [0.05, 0.1) is 34.6 Å². The highest BCUT2D eigenvalue weighted by molar-refractivity contribution is 7.99. The smallest absolute Gasteiger partial charge is 0.0998 e. The molecular weight excluding hydrogens is 386 g/mol. The Morgan fingerprint density at radius 3 is 1.90 bits per heavy atom. The van der Waals surface area contributed by atoms with E-state index in [0.717, 1.165) is 28.2 Å². The van der Waals surface area contributed by atoms with Crippen LogP contribution >= 0.6 is 11.8 Å². The molecule has 30 heavy (non-hydrogen) atoms. The van der Waals surface area contributed by atoms with E-state index in [9.17, 15) is 10.5 Å². The van der Waals surface area contributed by atoms with Crippen LogP contribution in [0.3, 0.4) is 0 Å². The molecule has 5 rings (SSSR count). The Bertz CT molecular complexity index is 1300. The fraction of sp³-hybridized carbons (Fsp3) is 0. The predicted molar refractivity (Wildman–Crippen MR) is 120 cm³/mol. The van der Waals surface area contributed by atoms with E-state index in [0.29, 0.717) is 11.1 Å². The number of benzene rings is 4. The lowest BCUT2D eigenvalue weighted by Crippen LogP contribution is -2.14. The lowest BCUT2D eigenvalue weighted by Gasteiger charge is -2.32. The molecule has 4 heteroatoms. The molecule has 1 heterocycles. The van der Waals surface area contributed by atoms with Gasteiger partial charge < -0.3 is 4.90 Å². The second-order valence-electron chi connectivity index (χ2n) is 6.90. The number of hydrogen-bond donors (Lipinski definition) is 0. The number of rotatable bonds is 2. The molecule has 4 aromatic rings. The zero-order valence-electron chi connectivity index (χ0n) is 15.9. The molecule has 1 aliphatic heterocycles. The predicted octanol–water partition coefficient (Wildman–Crippen LogP) is 7.03. The minimum atomic E-state index is 0.545. The molecule has 0 bridgehead atoms. The van der Waals surface area contributed by atoms with Crippen LogP contribution in [-0.2, 0) is 0 Å². The zero-order valence-corrected chi connectivity index (χ0v) is 16.7. The van der Waals surface area contributed by atoms with Crippen molar-refractivity contribution in [2.45, 2.75) is 9.79 Å². The third kappa shape index (κ3) is 3.01. The van der Waals surface area contributed by atoms with Crippen molar-refractivity contribution in [3.63, 3.8) is 0 Å². The molecule has 0 radical (unpaired) electrons. The number of nitriles is 2. The van der Waals surface area contributed by atoms with Gasteiger partial charge in [-0.15, -0.1) is 0 Å². The Kier molecular flexibility index (Phi) is 4.48. The van der Waals surface area contributed by atoms with Crippen molar-refractivity contribution in [1.29, 1.82) is 10.5 Å². The Hall–Kier alpha value is -3.99. The normalized spacial score (nSPS) is 11.7. The summed E-state index contributed by atoms with van der Waals surface area (Å²) in [6.07, 6.45) is 0. The minimum absolute atomic E-state index is 0.545. The minimum Gasteiger partial charge on any atom is -0.308 e. The number of nitrogens with zero attached hydrogens (tertiary/aromatic N) is 3. The summed E-state index contributed by atoms with van der Waals surface area (Å²) in [6, 6.07) is 34.5. The lowest BCUT2D eigenvalue weighted by atomic mass is 9.98. The average molecular weight is 401 g/mol. The topological polar surface area (TPSA) is 50.8 Å². The van der Waals surface area contributed by atoms with Crippen LogP contribution < -0.4 is 4.90 Å². The van der Waals surface area contributed by atoms with Crippen molar-refractivity contribution < 1.29 is 0 Å². The van der Waals surface area contributed by atoms with Crippen LogP contribution in [-0.4, -0.2) is 0 Å². The van der Waals surface area contributed by atoms with Crippen molar-refractivity contribution >= 4 is 28.8 Å². The highest BCUT2D eigenvalue weighted by Crippen LogP contribution is 2.51. The molecular formula is C26H15N3S. The first-order chi connectivity index (χ1) is 14.8.